The molecule has 1 atom stereocenters. The second-order valence-corrected chi connectivity index (χ2v) is 4.24. The summed E-state index contributed by atoms with van der Waals surface area (Å²) in [6, 6.07) is 1.39. The van der Waals surface area contributed by atoms with Crippen LogP contribution in [-0.2, 0) is 4.74 Å². The van der Waals surface area contributed by atoms with Gasteiger partial charge in [-0.3, -0.25) is 0 Å². The van der Waals surface area contributed by atoms with Crippen LogP contribution >= 0.6 is 11.6 Å². The molecule has 0 spiro atoms. The van der Waals surface area contributed by atoms with E-state index in [1.54, 1.807) is 18.2 Å². The molecule has 1 heterocycles. The molecule has 2 N–H and O–H groups in total. The minimum absolute atomic E-state index is 0.192. The largest absolute Gasteiger partial charge is 0.515 e. The summed E-state index contributed by atoms with van der Waals surface area (Å²) >= 11 is 5.71. The number of allylic oxidation sites excluding steroid dienone is 1. The molecule has 1 aliphatic carbocycles. The molecule has 0 bridgehead atoms. The quantitative estimate of drug-likeness (QED) is 0.660. The first-order chi connectivity index (χ1) is 9.13. The molecule has 0 amide bonds. The number of ether oxygens (including phenoxy) is 1. The molecular weight excluding hydrogens is 271 g/mol. The summed E-state index contributed by atoms with van der Waals surface area (Å²) in [5.74, 6) is -0.512. The Bertz CT molecular complexity index is 570. The van der Waals surface area contributed by atoms with Crippen molar-refractivity contribution in [3.8, 4) is 0 Å². The number of methoxy groups -OCH3 is 1. The van der Waals surface area contributed by atoms with Crippen LogP contribution in [-0.4, -0.2) is 23.3 Å². The first kappa shape index (κ1) is 13.6. The van der Waals surface area contributed by atoms with Crippen molar-refractivity contribution in [1.29, 1.82) is 0 Å². The van der Waals surface area contributed by atoms with Gasteiger partial charge in [0, 0.05) is 24.4 Å². The highest BCUT2D eigenvalue weighted by Crippen LogP contribution is 2.23. The summed E-state index contributed by atoms with van der Waals surface area (Å²) in [6.07, 6.45) is 6.80. The Morgan fingerprint density at radius 1 is 1.58 bits per heavy atom. The number of rotatable bonds is 3. The van der Waals surface area contributed by atoms with E-state index in [1.165, 1.54) is 13.2 Å². The van der Waals surface area contributed by atoms with E-state index >= 15 is 0 Å². The van der Waals surface area contributed by atoms with Gasteiger partial charge in [0.25, 0.3) is 0 Å². The zero-order chi connectivity index (χ0) is 13.8. The summed E-state index contributed by atoms with van der Waals surface area (Å²) in [5.41, 5.74) is 1.38. The molecule has 1 aromatic heterocycles. The van der Waals surface area contributed by atoms with Crippen LogP contribution in [0.2, 0.25) is 5.15 Å². The number of hydrogen-bond acceptors (Lipinski definition) is 4. The van der Waals surface area contributed by atoms with Crippen LogP contribution in [0.4, 0.5) is 10.1 Å². The van der Waals surface area contributed by atoms with Gasteiger partial charge in [0.2, 0.25) is 0 Å². The SMILES string of the molecule is COC1C=CC(Nc2cc(Cl)ncc2F)=CC1=CO. The lowest BCUT2D eigenvalue weighted by molar-refractivity contribution is 0.168. The van der Waals surface area contributed by atoms with Crippen molar-refractivity contribution >= 4 is 17.3 Å². The summed E-state index contributed by atoms with van der Waals surface area (Å²) in [5, 5.41) is 12.2. The molecule has 0 aromatic carbocycles. The molecule has 1 unspecified atom stereocenters. The molecule has 2 rings (SSSR count). The monoisotopic (exact) mass is 282 g/mol. The van der Waals surface area contributed by atoms with Crippen LogP contribution in [0.5, 0.6) is 0 Å². The number of aromatic nitrogens is 1. The fourth-order valence-corrected chi connectivity index (χ4v) is 1.84. The highest BCUT2D eigenvalue weighted by molar-refractivity contribution is 6.29. The van der Waals surface area contributed by atoms with Gasteiger partial charge in [-0.2, -0.15) is 0 Å². The lowest BCUT2D eigenvalue weighted by Gasteiger charge is -2.18. The number of anilines is 1. The lowest BCUT2D eigenvalue weighted by Crippen LogP contribution is -2.15. The van der Waals surface area contributed by atoms with Crippen LogP contribution in [0.25, 0.3) is 0 Å². The normalized spacial score (nSPS) is 20.5. The summed E-state index contributed by atoms with van der Waals surface area (Å²) in [4.78, 5) is 3.63. The predicted octanol–water partition coefficient (Wildman–Crippen LogP) is 3.20. The van der Waals surface area contributed by atoms with Crippen molar-refractivity contribution in [1.82, 2.24) is 4.98 Å². The smallest absolute Gasteiger partial charge is 0.164 e. The molecule has 0 saturated heterocycles. The molecule has 6 heteroatoms. The minimum Gasteiger partial charge on any atom is -0.515 e. The van der Waals surface area contributed by atoms with Crippen LogP contribution in [0.15, 0.2) is 48.0 Å². The highest BCUT2D eigenvalue weighted by atomic mass is 35.5. The van der Waals surface area contributed by atoms with Gasteiger partial charge in [-0.1, -0.05) is 11.6 Å². The van der Waals surface area contributed by atoms with E-state index in [1.807, 2.05) is 0 Å². The lowest BCUT2D eigenvalue weighted by atomic mass is 10.0. The molecule has 19 heavy (non-hydrogen) atoms. The van der Waals surface area contributed by atoms with Gasteiger partial charge in [-0.15, -0.1) is 0 Å². The number of hydrogen-bond donors (Lipinski definition) is 2. The van der Waals surface area contributed by atoms with Crippen molar-refractivity contribution in [2.45, 2.75) is 6.10 Å². The average Bonchev–Trinajstić information content (AvgIpc) is 2.42. The number of aliphatic hydroxyl groups excluding tert-OH is 1. The van der Waals surface area contributed by atoms with E-state index < -0.39 is 5.82 Å². The summed E-state index contributed by atoms with van der Waals surface area (Å²) < 4.78 is 18.7. The first-order valence-corrected chi connectivity index (χ1v) is 5.87. The Balaban J connectivity index is 2.23. The Morgan fingerprint density at radius 2 is 2.37 bits per heavy atom. The van der Waals surface area contributed by atoms with Crippen molar-refractivity contribution < 1.29 is 14.2 Å². The van der Waals surface area contributed by atoms with E-state index in [2.05, 4.69) is 10.3 Å². The van der Waals surface area contributed by atoms with E-state index in [0.29, 0.717) is 11.3 Å². The molecule has 1 aromatic rings. The Kier molecular flexibility index (Phi) is 4.19. The molecular formula is C13H12ClFN2O2. The molecule has 0 fully saturated rings. The number of aliphatic hydroxyl groups is 1. The molecule has 0 radical (unpaired) electrons. The Labute approximate surface area is 114 Å². The number of nitrogens with one attached hydrogen (secondary N) is 1. The van der Waals surface area contributed by atoms with Gasteiger partial charge >= 0.3 is 0 Å². The van der Waals surface area contributed by atoms with Gasteiger partial charge in [0.15, 0.2) is 5.82 Å². The number of nitrogens with zero attached hydrogens (tertiary/aromatic N) is 1. The van der Waals surface area contributed by atoms with Gasteiger partial charge in [0.05, 0.1) is 18.1 Å². The summed E-state index contributed by atoms with van der Waals surface area (Å²) in [6.45, 7) is 0. The van der Waals surface area contributed by atoms with Gasteiger partial charge < -0.3 is 15.2 Å². The van der Waals surface area contributed by atoms with Crippen LogP contribution in [0, 0.1) is 5.82 Å². The maximum atomic E-state index is 13.5. The fraction of sp³-hybridized carbons (Fsp3) is 0.154. The minimum atomic E-state index is -0.512. The van der Waals surface area contributed by atoms with E-state index in [9.17, 15) is 4.39 Å². The molecule has 0 saturated carbocycles. The topological polar surface area (TPSA) is 54.4 Å². The fourth-order valence-electron chi connectivity index (χ4n) is 1.68. The molecule has 0 aliphatic heterocycles. The van der Waals surface area contributed by atoms with Gasteiger partial charge in [0.1, 0.15) is 11.3 Å². The standard InChI is InChI=1S/C13H12ClFN2O2/c1-19-12-3-2-9(4-8(12)7-18)17-11-5-13(14)16-6-10(11)15/h2-7,12,18H,1H3,(H,16,17). The highest BCUT2D eigenvalue weighted by Gasteiger charge is 2.14. The second kappa shape index (κ2) is 5.86. The second-order valence-electron chi connectivity index (χ2n) is 3.86. The average molecular weight is 283 g/mol. The maximum absolute atomic E-state index is 13.5. The zero-order valence-electron chi connectivity index (χ0n) is 10.1. The third-order valence-electron chi connectivity index (χ3n) is 2.61. The Hall–Kier alpha value is -1.85. The molecule has 100 valence electrons. The van der Waals surface area contributed by atoms with Crippen LogP contribution in [0.1, 0.15) is 0 Å². The zero-order valence-corrected chi connectivity index (χ0v) is 10.9. The van der Waals surface area contributed by atoms with Crippen LogP contribution < -0.4 is 5.32 Å². The summed E-state index contributed by atoms with van der Waals surface area (Å²) in [7, 11) is 1.53. The van der Waals surface area contributed by atoms with E-state index in [-0.39, 0.29) is 16.9 Å². The van der Waals surface area contributed by atoms with Crippen molar-refractivity contribution in [3.63, 3.8) is 0 Å². The van der Waals surface area contributed by atoms with Gasteiger partial charge in [-0.05, 0) is 18.2 Å². The van der Waals surface area contributed by atoms with E-state index in [0.717, 1.165) is 12.5 Å². The molecule has 1 aliphatic rings. The maximum Gasteiger partial charge on any atom is 0.164 e. The Morgan fingerprint density at radius 3 is 3.05 bits per heavy atom. The molecule has 4 nitrogen and oxygen atoms in total. The van der Waals surface area contributed by atoms with Crippen molar-refractivity contribution in [3.05, 3.63) is 59.0 Å². The van der Waals surface area contributed by atoms with Crippen molar-refractivity contribution in [2.24, 2.45) is 0 Å². The number of halogens is 2. The number of pyridine rings is 1. The van der Waals surface area contributed by atoms with Crippen molar-refractivity contribution in [2.75, 3.05) is 12.4 Å². The third-order valence-corrected chi connectivity index (χ3v) is 2.81. The first-order valence-electron chi connectivity index (χ1n) is 5.49. The third kappa shape index (κ3) is 3.13. The van der Waals surface area contributed by atoms with Crippen LogP contribution in [0.3, 0.4) is 0 Å². The van der Waals surface area contributed by atoms with E-state index in [4.69, 9.17) is 21.4 Å². The van der Waals surface area contributed by atoms with Gasteiger partial charge in [-0.25, -0.2) is 9.37 Å². The predicted molar refractivity (Wildman–Crippen MR) is 71.6 cm³/mol.